The van der Waals surface area contributed by atoms with Crippen LogP contribution in [-0.4, -0.2) is 5.78 Å². The summed E-state index contributed by atoms with van der Waals surface area (Å²) in [5.74, 6) is 0.674. The van der Waals surface area contributed by atoms with Crippen LogP contribution in [0.2, 0.25) is 5.02 Å². The fourth-order valence-corrected chi connectivity index (χ4v) is 2.57. The van der Waals surface area contributed by atoms with Crippen LogP contribution in [0.4, 0.5) is 0 Å². The van der Waals surface area contributed by atoms with Gasteiger partial charge < -0.3 is 4.74 Å². The molecule has 0 spiro atoms. The molecule has 0 aliphatic heterocycles. The second-order valence-corrected chi connectivity index (χ2v) is 5.93. The van der Waals surface area contributed by atoms with Gasteiger partial charge in [-0.2, -0.15) is 0 Å². The highest BCUT2D eigenvalue weighted by atomic mass is 35.5. The van der Waals surface area contributed by atoms with Crippen molar-refractivity contribution in [3.63, 3.8) is 0 Å². The Balaban J connectivity index is 1.60. The number of rotatable bonds is 6. The van der Waals surface area contributed by atoms with Crippen molar-refractivity contribution < 1.29 is 9.53 Å². The van der Waals surface area contributed by atoms with Gasteiger partial charge >= 0.3 is 0 Å². The first kappa shape index (κ1) is 17.0. The van der Waals surface area contributed by atoms with Gasteiger partial charge in [-0.1, -0.05) is 72.3 Å². The van der Waals surface area contributed by atoms with Crippen molar-refractivity contribution in [1.82, 2.24) is 0 Å². The van der Waals surface area contributed by atoms with Gasteiger partial charge in [0.1, 0.15) is 12.4 Å². The predicted octanol–water partition coefficient (Wildman–Crippen LogP) is 5.82. The van der Waals surface area contributed by atoms with Crippen LogP contribution in [0.25, 0.3) is 6.08 Å². The normalized spacial score (nSPS) is 10.8. The van der Waals surface area contributed by atoms with Crippen LogP contribution in [0.3, 0.4) is 0 Å². The molecule has 3 aromatic carbocycles. The quantitative estimate of drug-likeness (QED) is 0.414. The van der Waals surface area contributed by atoms with Crippen molar-refractivity contribution in [2.75, 3.05) is 0 Å². The summed E-state index contributed by atoms with van der Waals surface area (Å²) in [6.45, 7) is 0.529. The maximum Gasteiger partial charge on any atom is 0.187 e. The van der Waals surface area contributed by atoms with Crippen LogP contribution in [0, 0.1) is 0 Å². The highest BCUT2D eigenvalue weighted by Gasteiger charge is 2.05. The molecule has 0 bridgehead atoms. The largest absolute Gasteiger partial charge is 0.489 e. The Morgan fingerprint density at radius 1 is 0.880 bits per heavy atom. The lowest BCUT2D eigenvalue weighted by Crippen LogP contribution is -1.95. The first-order chi connectivity index (χ1) is 12.2. The summed E-state index contributed by atoms with van der Waals surface area (Å²) in [7, 11) is 0. The molecule has 0 aliphatic carbocycles. The SMILES string of the molecule is O=C(/C=C\c1ccc(OCc2ccccc2)cc1)c1ccccc1Cl. The van der Waals surface area contributed by atoms with Crippen LogP contribution in [0.1, 0.15) is 21.5 Å². The summed E-state index contributed by atoms with van der Waals surface area (Å²) >= 11 is 6.04. The minimum absolute atomic E-state index is 0.116. The molecule has 3 rings (SSSR count). The third-order valence-electron chi connectivity index (χ3n) is 3.69. The van der Waals surface area contributed by atoms with Gasteiger partial charge in [-0.05, 0) is 41.5 Å². The van der Waals surface area contributed by atoms with Crippen molar-refractivity contribution in [3.05, 3.63) is 107 Å². The lowest BCUT2D eigenvalue weighted by molar-refractivity contribution is 0.104. The Labute approximate surface area is 152 Å². The van der Waals surface area contributed by atoms with E-state index in [-0.39, 0.29) is 5.78 Å². The third kappa shape index (κ3) is 4.82. The van der Waals surface area contributed by atoms with Crippen LogP contribution < -0.4 is 4.74 Å². The summed E-state index contributed by atoms with van der Waals surface area (Å²) in [5, 5.41) is 0.460. The zero-order chi connectivity index (χ0) is 17.5. The van der Waals surface area contributed by atoms with Gasteiger partial charge in [0.2, 0.25) is 0 Å². The molecule has 0 amide bonds. The maximum atomic E-state index is 12.2. The van der Waals surface area contributed by atoms with Gasteiger partial charge in [0.15, 0.2) is 5.78 Å². The van der Waals surface area contributed by atoms with Crippen LogP contribution in [-0.2, 0) is 6.61 Å². The summed E-state index contributed by atoms with van der Waals surface area (Å²) in [5.41, 5.74) is 2.55. The molecule has 25 heavy (non-hydrogen) atoms. The first-order valence-corrected chi connectivity index (χ1v) is 8.34. The predicted molar refractivity (Wildman–Crippen MR) is 102 cm³/mol. The molecular weight excluding hydrogens is 332 g/mol. The smallest absolute Gasteiger partial charge is 0.187 e. The van der Waals surface area contributed by atoms with Gasteiger partial charge in [-0.3, -0.25) is 4.79 Å². The summed E-state index contributed by atoms with van der Waals surface area (Å²) in [6, 6.07) is 24.6. The zero-order valence-corrected chi connectivity index (χ0v) is 14.3. The molecule has 0 aliphatic rings. The van der Waals surface area contributed by atoms with Gasteiger partial charge in [0.25, 0.3) is 0 Å². The molecule has 3 heteroatoms. The number of ether oxygens (including phenoxy) is 1. The van der Waals surface area contributed by atoms with E-state index in [4.69, 9.17) is 16.3 Å². The van der Waals surface area contributed by atoms with Crippen LogP contribution >= 0.6 is 11.6 Å². The highest BCUT2D eigenvalue weighted by molar-refractivity contribution is 6.34. The van der Waals surface area contributed by atoms with Gasteiger partial charge in [-0.25, -0.2) is 0 Å². The zero-order valence-electron chi connectivity index (χ0n) is 13.6. The molecule has 0 fully saturated rings. The molecule has 0 heterocycles. The summed E-state index contributed by atoms with van der Waals surface area (Å²) < 4.78 is 5.75. The molecular formula is C22H17ClO2. The van der Waals surface area contributed by atoms with E-state index in [1.165, 1.54) is 6.08 Å². The number of carbonyl (C=O) groups excluding carboxylic acids is 1. The second kappa shape index (κ2) is 8.32. The van der Waals surface area contributed by atoms with Crippen LogP contribution in [0.15, 0.2) is 84.9 Å². The van der Waals surface area contributed by atoms with Gasteiger partial charge in [0.05, 0.1) is 5.02 Å². The third-order valence-corrected chi connectivity index (χ3v) is 4.02. The fourth-order valence-electron chi connectivity index (χ4n) is 2.34. The lowest BCUT2D eigenvalue weighted by Gasteiger charge is -2.06. The van der Waals surface area contributed by atoms with Gasteiger partial charge in [-0.15, -0.1) is 0 Å². The fraction of sp³-hybridized carbons (Fsp3) is 0.0455. The van der Waals surface area contributed by atoms with E-state index < -0.39 is 0 Å². The molecule has 0 atom stereocenters. The molecule has 3 aromatic rings. The highest BCUT2D eigenvalue weighted by Crippen LogP contribution is 2.18. The summed E-state index contributed by atoms with van der Waals surface area (Å²) in [6.07, 6.45) is 3.30. The first-order valence-electron chi connectivity index (χ1n) is 7.96. The van der Waals surface area contributed by atoms with Gasteiger partial charge in [0, 0.05) is 5.56 Å². The van der Waals surface area contributed by atoms with Crippen molar-refractivity contribution in [2.24, 2.45) is 0 Å². The van der Waals surface area contributed by atoms with E-state index in [9.17, 15) is 4.79 Å². The Morgan fingerprint density at radius 2 is 1.56 bits per heavy atom. The van der Waals surface area contributed by atoms with Crippen molar-refractivity contribution in [1.29, 1.82) is 0 Å². The Kier molecular flexibility index (Phi) is 5.65. The van der Waals surface area contributed by atoms with Crippen molar-refractivity contribution in [3.8, 4) is 5.75 Å². The number of allylic oxidation sites excluding steroid dienone is 1. The Bertz CT molecular complexity index is 868. The van der Waals surface area contributed by atoms with Crippen molar-refractivity contribution >= 4 is 23.5 Å². The number of ketones is 1. The lowest BCUT2D eigenvalue weighted by atomic mass is 10.1. The minimum atomic E-state index is -0.116. The Hall–Kier alpha value is -2.84. The monoisotopic (exact) mass is 348 g/mol. The average Bonchev–Trinajstić information content (AvgIpc) is 2.66. The Morgan fingerprint density at radius 3 is 2.28 bits per heavy atom. The number of hydrogen-bond acceptors (Lipinski definition) is 2. The number of benzene rings is 3. The molecule has 0 saturated carbocycles. The minimum Gasteiger partial charge on any atom is -0.489 e. The van der Waals surface area contributed by atoms with E-state index in [2.05, 4.69) is 0 Å². The average molecular weight is 349 g/mol. The topological polar surface area (TPSA) is 26.3 Å². The number of carbonyl (C=O) groups is 1. The van der Waals surface area contributed by atoms with Crippen molar-refractivity contribution in [2.45, 2.75) is 6.61 Å². The van der Waals surface area contributed by atoms with Crippen LogP contribution in [0.5, 0.6) is 5.75 Å². The number of halogens is 1. The molecule has 124 valence electrons. The van der Waals surface area contributed by atoms with E-state index in [0.717, 1.165) is 16.9 Å². The van der Waals surface area contributed by atoms with E-state index >= 15 is 0 Å². The maximum absolute atomic E-state index is 12.2. The van der Waals surface area contributed by atoms with E-state index in [1.807, 2.05) is 54.6 Å². The summed E-state index contributed by atoms with van der Waals surface area (Å²) in [4.78, 5) is 12.2. The van der Waals surface area contributed by atoms with E-state index in [1.54, 1.807) is 30.3 Å². The van der Waals surface area contributed by atoms with E-state index in [0.29, 0.717) is 17.2 Å². The molecule has 0 radical (unpaired) electrons. The molecule has 0 unspecified atom stereocenters. The molecule has 0 saturated heterocycles. The second-order valence-electron chi connectivity index (χ2n) is 5.52. The molecule has 2 nitrogen and oxygen atoms in total. The molecule has 0 N–H and O–H groups in total. The standard InChI is InChI=1S/C22H17ClO2/c23-21-9-5-4-8-20(21)22(24)15-12-17-10-13-19(14-11-17)25-16-18-6-2-1-3-7-18/h1-15H,16H2/b15-12-. The number of hydrogen-bond donors (Lipinski definition) is 0. The molecule has 0 aromatic heterocycles.